The van der Waals surface area contributed by atoms with E-state index in [0.717, 1.165) is 45.1 Å². The summed E-state index contributed by atoms with van der Waals surface area (Å²) in [5, 5.41) is 3.09. The van der Waals surface area contributed by atoms with Crippen LogP contribution in [-0.2, 0) is 4.74 Å². The number of morpholine rings is 1. The van der Waals surface area contributed by atoms with Crippen LogP contribution in [0.5, 0.6) is 5.75 Å². The van der Waals surface area contributed by atoms with Gasteiger partial charge in [0.05, 0.1) is 19.8 Å². The Hall–Kier alpha value is -1.59. The normalized spacial score (nSPS) is 16.5. The summed E-state index contributed by atoms with van der Waals surface area (Å²) in [7, 11) is 0. The van der Waals surface area contributed by atoms with Gasteiger partial charge < -0.3 is 14.8 Å². The summed E-state index contributed by atoms with van der Waals surface area (Å²) in [5.41, 5.74) is 0.676. The molecular weight excluding hydrogens is 328 g/mol. The van der Waals surface area contributed by atoms with E-state index >= 15 is 0 Å². The van der Waals surface area contributed by atoms with E-state index in [1.165, 1.54) is 12.8 Å². The summed E-state index contributed by atoms with van der Waals surface area (Å²) in [6, 6.07) is 7.77. The Morgan fingerprint density at radius 3 is 2.50 bits per heavy atom. The molecule has 146 valence electrons. The van der Waals surface area contributed by atoms with E-state index in [1.807, 2.05) is 24.3 Å². The summed E-state index contributed by atoms with van der Waals surface area (Å²) in [6.45, 7) is 11.4. The molecule has 1 unspecified atom stereocenters. The van der Waals surface area contributed by atoms with E-state index in [2.05, 4.69) is 31.0 Å². The molecule has 1 atom stereocenters. The lowest BCUT2D eigenvalue weighted by atomic mass is 10.0. The third kappa shape index (κ3) is 6.61. The van der Waals surface area contributed by atoms with Crippen LogP contribution in [-0.4, -0.2) is 56.3 Å². The number of ether oxygens (including phenoxy) is 2. The molecule has 1 heterocycles. The average Bonchev–Trinajstić information content (AvgIpc) is 2.66. The van der Waals surface area contributed by atoms with Gasteiger partial charge in [-0.3, -0.25) is 9.69 Å². The van der Waals surface area contributed by atoms with Gasteiger partial charge >= 0.3 is 0 Å². The van der Waals surface area contributed by atoms with E-state index in [4.69, 9.17) is 9.47 Å². The maximum absolute atomic E-state index is 12.5. The molecule has 1 N–H and O–H groups in total. The Morgan fingerprint density at radius 1 is 1.19 bits per heavy atom. The highest BCUT2D eigenvalue weighted by Crippen LogP contribution is 2.15. The van der Waals surface area contributed by atoms with E-state index < -0.39 is 0 Å². The van der Waals surface area contributed by atoms with E-state index in [1.54, 1.807) is 0 Å². The first-order valence-corrected chi connectivity index (χ1v) is 9.94. The van der Waals surface area contributed by atoms with Crippen molar-refractivity contribution in [3.8, 4) is 5.75 Å². The van der Waals surface area contributed by atoms with Gasteiger partial charge in [-0.25, -0.2) is 0 Å². The molecule has 0 aliphatic carbocycles. The third-order valence-corrected chi connectivity index (χ3v) is 4.89. The van der Waals surface area contributed by atoms with Crippen LogP contribution in [0.15, 0.2) is 24.3 Å². The first kappa shape index (κ1) is 20.7. The molecule has 0 spiro atoms. The fourth-order valence-corrected chi connectivity index (χ4v) is 3.24. The molecule has 1 aliphatic rings. The molecule has 5 heteroatoms. The number of carbonyl (C=O) groups is 1. The van der Waals surface area contributed by atoms with Gasteiger partial charge in [0.15, 0.2) is 0 Å². The van der Waals surface area contributed by atoms with Crippen LogP contribution in [0.1, 0.15) is 50.4 Å². The predicted molar refractivity (Wildman–Crippen MR) is 105 cm³/mol. The Bertz CT molecular complexity index is 525. The van der Waals surface area contributed by atoms with Crippen molar-refractivity contribution in [2.45, 2.75) is 46.1 Å². The van der Waals surface area contributed by atoms with Crippen molar-refractivity contribution in [1.82, 2.24) is 10.2 Å². The van der Waals surface area contributed by atoms with Gasteiger partial charge in [-0.1, -0.05) is 33.6 Å². The summed E-state index contributed by atoms with van der Waals surface area (Å²) in [4.78, 5) is 14.9. The zero-order valence-corrected chi connectivity index (χ0v) is 16.5. The van der Waals surface area contributed by atoms with Gasteiger partial charge in [0.1, 0.15) is 5.75 Å². The predicted octanol–water partition coefficient (Wildman–Crippen LogP) is 3.34. The highest BCUT2D eigenvalue weighted by Gasteiger charge is 2.24. The Balaban J connectivity index is 1.82. The minimum absolute atomic E-state index is 0.0264. The summed E-state index contributed by atoms with van der Waals surface area (Å²) in [5.74, 6) is 1.28. The molecular formula is C21H34N2O3. The van der Waals surface area contributed by atoms with Gasteiger partial charge in [0.2, 0.25) is 0 Å². The van der Waals surface area contributed by atoms with Gasteiger partial charge in [0, 0.05) is 31.2 Å². The van der Waals surface area contributed by atoms with Crippen molar-refractivity contribution < 1.29 is 14.3 Å². The van der Waals surface area contributed by atoms with Gasteiger partial charge in [-0.2, -0.15) is 0 Å². The number of nitrogens with zero attached hydrogens (tertiary/aromatic N) is 1. The molecule has 1 aromatic rings. The summed E-state index contributed by atoms with van der Waals surface area (Å²) < 4.78 is 11.1. The molecule has 1 amide bonds. The summed E-state index contributed by atoms with van der Waals surface area (Å²) >= 11 is 0. The lowest BCUT2D eigenvalue weighted by molar-refractivity contribution is 0.00673. The lowest BCUT2D eigenvalue weighted by Crippen LogP contribution is -2.51. The molecule has 1 saturated heterocycles. The minimum atomic E-state index is -0.0264. The average molecular weight is 363 g/mol. The second-order valence-electron chi connectivity index (χ2n) is 7.25. The molecule has 0 saturated carbocycles. The van der Waals surface area contributed by atoms with Crippen molar-refractivity contribution in [3.05, 3.63) is 29.8 Å². The van der Waals surface area contributed by atoms with Gasteiger partial charge in [-0.05, 0) is 36.6 Å². The molecule has 0 aromatic heterocycles. The lowest BCUT2D eigenvalue weighted by Gasteiger charge is -2.36. The van der Waals surface area contributed by atoms with Gasteiger partial charge in [-0.15, -0.1) is 0 Å². The molecule has 1 aromatic carbocycles. The van der Waals surface area contributed by atoms with Crippen LogP contribution in [0.25, 0.3) is 0 Å². The summed E-state index contributed by atoms with van der Waals surface area (Å²) in [6.07, 6.45) is 3.43. The second kappa shape index (κ2) is 11.2. The number of amides is 1. The second-order valence-corrected chi connectivity index (χ2v) is 7.25. The van der Waals surface area contributed by atoms with Crippen LogP contribution in [0, 0.1) is 5.92 Å². The maximum Gasteiger partial charge on any atom is 0.251 e. The number of hydrogen-bond acceptors (Lipinski definition) is 4. The quantitative estimate of drug-likeness (QED) is 0.649. The highest BCUT2D eigenvalue weighted by atomic mass is 16.5. The molecule has 1 fully saturated rings. The number of carbonyl (C=O) groups excluding carboxylic acids is 1. The Labute approximate surface area is 158 Å². The molecule has 2 rings (SSSR count). The van der Waals surface area contributed by atoms with Crippen LogP contribution in [0.2, 0.25) is 0 Å². The van der Waals surface area contributed by atoms with Crippen molar-refractivity contribution >= 4 is 5.91 Å². The maximum atomic E-state index is 12.5. The molecule has 1 aliphatic heterocycles. The minimum Gasteiger partial charge on any atom is -0.494 e. The van der Waals surface area contributed by atoms with Crippen molar-refractivity contribution in [1.29, 1.82) is 0 Å². The molecule has 0 bridgehead atoms. The molecule has 0 radical (unpaired) electrons. The van der Waals surface area contributed by atoms with Crippen LogP contribution in [0.4, 0.5) is 0 Å². The fourth-order valence-electron chi connectivity index (χ4n) is 3.24. The SMILES string of the molecule is CCCCCOc1ccc(C(=O)NCC(C(C)C)N2CCOCC2)cc1. The fraction of sp³-hybridized carbons (Fsp3) is 0.667. The third-order valence-electron chi connectivity index (χ3n) is 4.89. The van der Waals surface area contributed by atoms with E-state index in [0.29, 0.717) is 24.1 Å². The first-order valence-electron chi connectivity index (χ1n) is 9.94. The zero-order chi connectivity index (χ0) is 18.8. The number of rotatable bonds is 10. The molecule has 5 nitrogen and oxygen atoms in total. The number of benzene rings is 1. The number of hydrogen-bond donors (Lipinski definition) is 1. The number of nitrogens with one attached hydrogen (secondary N) is 1. The monoisotopic (exact) mass is 362 g/mol. The largest absolute Gasteiger partial charge is 0.494 e. The van der Waals surface area contributed by atoms with E-state index in [-0.39, 0.29) is 5.91 Å². The number of unbranched alkanes of at least 4 members (excludes halogenated alkanes) is 2. The topological polar surface area (TPSA) is 50.8 Å². The zero-order valence-electron chi connectivity index (χ0n) is 16.5. The molecule has 26 heavy (non-hydrogen) atoms. The highest BCUT2D eigenvalue weighted by molar-refractivity contribution is 5.94. The van der Waals surface area contributed by atoms with Crippen LogP contribution < -0.4 is 10.1 Å². The van der Waals surface area contributed by atoms with Crippen molar-refractivity contribution in [2.24, 2.45) is 5.92 Å². The Kier molecular flexibility index (Phi) is 8.92. The Morgan fingerprint density at radius 2 is 1.88 bits per heavy atom. The van der Waals surface area contributed by atoms with Crippen LogP contribution in [0.3, 0.4) is 0 Å². The van der Waals surface area contributed by atoms with E-state index in [9.17, 15) is 4.79 Å². The van der Waals surface area contributed by atoms with Crippen molar-refractivity contribution in [3.63, 3.8) is 0 Å². The smallest absolute Gasteiger partial charge is 0.251 e. The standard InChI is InChI=1S/C21H34N2O3/c1-4-5-6-13-26-19-9-7-18(8-10-19)21(24)22-16-20(17(2)3)23-11-14-25-15-12-23/h7-10,17,20H,4-6,11-16H2,1-3H3,(H,22,24). The van der Waals surface area contributed by atoms with Gasteiger partial charge in [0.25, 0.3) is 5.91 Å². The van der Waals surface area contributed by atoms with Crippen LogP contribution >= 0.6 is 0 Å². The van der Waals surface area contributed by atoms with Crippen molar-refractivity contribution in [2.75, 3.05) is 39.5 Å². The first-order chi connectivity index (χ1) is 12.6.